The van der Waals surface area contributed by atoms with Crippen molar-refractivity contribution in [3.63, 3.8) is 0 Å². The van der Waals surface area contributed by atoms with E-state index in [4.69, 9.17) is 10.7 Å². The minimum absolute atomic E-state index is 0.0629. The Balaban J connectivity index is 2.00. The van der Waals surface area contributed by atoms with Crippen LogP contribution in [-0.2, 0) is 12.0 Å². The molecule has 3 rings (SSSR count). The van der Waals surface area contributed by atoms with Crippen LogP contribution in [0.4, 0.5) is 5.69 Å². The number of rotatable bonds is 3. The molecule has 0 amide bonds. The van der Waals surface area contributed by atoms with Crippen LogP contribution in [0.25, 0.3) is 11.0 Å². The fraction of sp³-hybridized carbons (Fsp3) is 0.588. The molecule has 1 fully saturated rings. The molecule has 0 saturated heterocycles. The van der Waals surface area contributed by atoms with Gasteiger partial charge in [0.25, 0.3) is 0 Å². The van der Waals surface area contributed by atoms with Gasteiger partial charge in [-0.3, -0.25) is 0 Å². The average molecular weight is 271 g/mol. The summed E-state index contributed by atoms with van der Waals surface area (Å²) < 4.78 is 2.41. The number of nitrogen functional groups attached to an aromatic ring is 1. The highest BCUT2D eigenvalue weighted by molar-refractivity contribution is 5.79. The lowest BCUT2D eigenvalue weighted by atomic mass is 9.83. The minimum Gasteiger partial charge on any atom is -0.399 e. The smallest absolute Gasteiger partial charge is 0.115 e. The van der Waals surface area contributed by atoms with E-state index in [0.717, 1.165) is 23.7 Å². The average Bonchev–Trinajstić information content (AvgIpc) is 2.65. The highest BCUT2D eigenvalue weighted by atomic mass is 15.1. The maximum absolute atomic E-state index is 5.90. The van der Waals surface area contributed by atoms with E-state index in [2.05, 4.69) is 31.4 Å². The van der Waals surface area contributed by atoms with Crippen molar-refractivity contribution in [2.24, 2.45) is 5.92 Å². The summed E-state index contributed by atoms with van der Waals surface area (Å²) in [7, 11) is 0. The van der Waals surface area contributed by atoms with E-state index in [1.165, 1.54) is 37.0 Å². The first-order valence-corrected chi connectivity index (χ1v) is 7.71. The van der Waals surface area contributed by atoms with Crippen LogP contribution in [0.5, 0.6) is 0 Å². The van der Waals surface area contributed by atoms with Crippen molar-refractivity contribution in [3.05, 3.63) is 24.0 Å². The Morgan fingerprint density at radius 3 is 2.65 bits per heavy atom. The zero-order valence-corrected chi connectivity index (χ0v) is 12.8. The number of hydrogen-bond donors (Lipinski definition) is 1. The van der Waals surface area contributed by atoms with E-state index in [1.54, 1.807) is 0 Å². The molecule has 0 aliphatic heterocycles. The molecule has 1 saturated carbocycles. The fourth-order valence-corrected chi connectivity index (χ4v) is 3.04. The number of aryl methyl sites for hydroxylation is 1. The molecule has 3 heteroatoms. The van der Waals surface area contributed by atoms with Crippen molar-refractivity contribution in [2.75, 3.05) is 5.73 Å². The van der Waals surface area contributed by atoms with Gasteiger partial charge in [-0.25, -0.2) is 4.98 Å². The molecule has 0 unspecified atom stereocenters. The van der Waals surface area contributed by atoms with Crippen LogP contribution in [0.15, 0.2) is 18.2 Å². The van der Waals surface area contributed by atoms with Gasteiger partial charge in [-0.2, -0.15) is 0 Å². The normalized spacial score (nSPS) is 16.6. The first-order chi connectivity index (χ1) is 9.45. The van der Waals surface area contributed by atoms with Gasteiger partial charge in [-0.1, -0.05) is 40.0 Å². The van der Waals surface area contributed by atoms with Crippen LogP contribution in [-0.4, -0.2) is 9.55 Å². The lowest BCUT2D eigenvalue weighted by Gasteiger charge is -2.27. The summed E-state index contributed by atoms with van der Waals surface area (Å²) in [6.07, 6.45) is 5.51. The Labute approximate surface area is 121 Å². The van der Waals surface area contributed by atoms with Gasteiger partial charge in [0.1, 0.15) is 5.82 Å². The highest BCUT2D eigenvalue weighted by Gasteiger charge is 2.24. The van der Waals surface area contributed by atoms with Gasteiger partial charge >= 0.3 is 0 Å². The second-order valence-electron chi connectivity index (χ2n) is 7.17. The number of anilines is 1. The second kappa shape index (κ2) is 4.80. The van der Waals surface area contributed by atoms with E-state index in [9.17, 15) is 0 Å². The van der Waals surface area contributed by atoms with Crippen LogP contribution >= 0.6 is 0 Å². The predicted octanol–water partition coefficient (Wildman–Crippen LogP) is 4.11. The standard InChI is InChI=1S/C17H25N3/c1-17(2,3)16-19-14-11-13(18)7-8-15(14)20(16)10-9-12-5-4-6-12/h7-8,11-12H,4-6,9-10,18H2,1-3H3. The largest absolute Gasteiger partial charge is 0.399 e. The van der Waals surface area contributed by atoms with E-state index < -0.39 is 0 Å². The third-order valence-electron chi connectivity index (χ3n) is 4.43. The summed E-state index contributed by atoms with van der Waals surface area (Å²) in [6, 6.07) is 6.09. The number of nitrogens with two attached hydrogens (primary N) is 1. The van der Waals surface area contributed by atoms with Gasteiger partial charge in [-0.05, 0) is 30.5 Å². The molecule has 0 bridgehead atoms. The van der Waals surface area contributed by atoms with E-state index in [0.29, 0.717) is 0 Å². The fourth-order valence-electron chi connectivity index (χ4n) is 3.04. The predicted molar refractivity (Wildman–Crippen MR) is 84.8 cm³/mol. The van der Waals surface area contributed by atoms with E-state index in [1.807, 2.05) is 12.1 Å². The molecule has 1 aromatic carbocycles. The van der Waals surface area contributed by atoms with Gasteiger partial charge in [0.05, 0.1) is 11.0 Å². The van der Waals surface area contributed by atoms with Crippen molar-refractivity contribution < 1.29 is 0 Å². The van der Waals surface area contributed by atoms with Gasteiger partial charge in [0, 0.05) is 17.6 Å². The zero-order valence-electron chi connectivity index (χ0n) is 12.8. The summed E-state index contributed by atoms with van der Waals surface area (Å²) in [5, 5.41) is 0. The molecule has 108 valence electrons. The number of fused-ring (bicyclic) bond motifs is 1. The molecular weight excluding hydrogens is 246 g/mol. The van der Waals surface area contributed by atoms with Crippen LogP contribution in [0, 0.1) is 5.92 Å². The Morgan fingerprint density at radius 2 is 2.05 bits per heavy atom. The number of nitrogens with zero attached hydrogens (tertiary/aromatic N) is 2. The van der Waals surface area contributed by atoms with Crippen molar-refractivity contribution >= 4 is 16.7 Å². The third-order valence-corrected chi connectivity index (χ3v) is 4.43. The van der Waals surface area contributed by atoms with Gasteiger partial charge < -0.3 is 10.3 Å². The Morgan fingerprint density at radius 1 is 1.30 bits per heavy atom. The molecule has 3 nitrogen and oxygen atoms in total. The molecule has 2 N–H and O–H groups in total. The highest BCUT2D eigenvalue weighted by Crippen LogP contribution is 2.32. The second-order valence-corrected chi connectivity index (χ2v) is 7.17. The quantitative estimate of drug-likeness (QED) is 0.854. The molecule has 1 heterocycles. The van der Waals surface area contributed by atoms with Crippen molar-refractivity contribution in [1.29, 1.82) is 0 Å². The van der Waals surface area contributed by atoms with Crippen LogP contribution in [0.3, 0.4) is 0 Å². The SMILES string of the molecule is CC(C)(C)c1nc2cc(N)ccc2n1CCC1CCC1. The van der Waals surface area contributed by atoms with Crippen LogP contribution < -0.4 is 5.73 Å². The topological polar surface area (TPSA) is 43.8 Å². The molecule has 1 aliphatic carbocycles. The first-order valence-electron chi connectivity index (χ1n) is 7.71. The summed E-state index contributed by atoms with van der Waals surface area (Å²) in [5.74, 6) is 2.10. The van der Waals surface area contributed by atoms with Crippen LogP contribution in [0.2, 0.25) is 0 Å². The van der Waals surface area contributed by atoms with Crippen LogP contribution in [0.1, 0.15) is 52.3 Å². The maximum atomic E-state index is 5.90. The van der Waals surface area contributed by atoms with Crippen molar-refractivity contribution in [3.8, 4) is 0 Å². The summed E-state index contributed by atoms with van der Waals surface area (Å²) in [4.78, 5) is 4.85. The number of imidazole rings is 1. The maximum Gasteiger partial charge on any atom is 0.115 e. The number of aromatic nitrogens is 2. The molecule has 0 radical (unpaired) electrons. The third kappa shape index (κ3) is 2.41. The van der Waals surface area contributed by atoms with Crippen molar-refractivity contribution in [2.45, 2.75) is 58.4 Å². The van der Waals surface area contributed by atoms with E-state index >= 15 is 0 Å². The molecule has 2 aromatic rings. The molecule has 1 aliphatic rings. The Bertz CT molecular complexity index is 615. The summed E-state index contributed by atoms with van der Waals surface area (Å²) >= 11 is 0. The zero-order chi connectivity index (χ0) is 14.3. The molecule has 0 atom stereocenters. The van der Waals surface area contributed by atoms with Gasteiger partial charge in [-0.15, -0.1) is 0 Å². The summed E-state index contributed by atoms with van der Waals surface area (Å²) in [5.41, 5.74) is 9.01. The molecular formula is C17H25N3. The van der Waals surface area contributed by atoms with Gasteiger partial charge in [0.2, 0.25) is 0 Å². The van der Waals surface area contributed by atoms with Crippen molar-refractivity contribution in [1.82, 2.24) is 9.55 Å². The minimum atomic E-state index is 0.0629. The van der Waals surface area contributed by atoms with E-state index in [-0.39, 0.29) is 5.41 Å². The lowest BCUT2D eigenvalue weighted by Crippen LogP contribution is -2.21. The molecule has 20 heavy (non-hydrogen) atoms. The number of benzene rings is 1. The lowest BCUT2D eigenvalue weighted by molar-refractivity contribution is 0.280. The molecule has 0 spiro atoms. The number of hydrogen-bond acceptors (Lipinski definition) is 2. The Hall–Kier alpha value is -1.51. The monoisotopic (exact) mass is 271 g/mol. The van der Waals surface area contributed by atoms with Gasteiger partial charge in [0.15, 0.2) is 0 Å². The molecule has 1 aromatic heterocycles. The summed E-state index contributed by atoms with van der Waals surface area (Å²) in [6.45, 7) is 7.78. The first kappa shape index (κ1) is 13.5. The Kier molecular flexibility index (Phi) is 3.23.